The van der Waals surface area contributed by atoms with Crippen LogP contribution in [0.15, 0.2) is 53.1 Å². The highest BCUT2D eigenvalue weighted by Crippen LogP contribution is 2.26. The van der Waals surface area contributed by atoms with Crippen molar-refractivity contribution in [3.63, 3.8) is 0 Å². The Kier molecular flexibility index (Phi) is 7.31. The van der Waals surface area contributed by atoms with Crippen molar-refractivity contribution in [2.75, 3.05) is 7.05 Å². The minimum absolute atomic E-state index is 0.0303. The maximum absolute atomic E-state index is 12.7. The molecular formula is C25H28N6O3. The molecule has 4 rings (SSSR count). The summed E-state index contributed by atoms with van der Waals surface area (Å²) in [5, 5.41) is 15.4. The molecule has 3 N–H and O–H groups in total. The quantitative estimate of drug-likeness (QED) is 0.306. The number of hydrogen-bond donors (Lipinski definition) is 3. The Morgan fingerprint density at radius 2 is 1.88 bits per heavy atom. The summed E-state index contributed by atoms with van der Waals surface area (Å²) < 4.78 is 5.27. The highest BCUT2D eigenvalue weighted by Gasteiger charge is 2.22. The molecule has 9 heteroatoms. The van der Waals surface area contributed by atoms with Gasteiger partial charge in [-0.25, -0.2) is 4.98 Å². The highest BCUT2D eigenvalue weighted by molar-refractivity contribution is 5.89. The van der Waals surface area contributed by atoms with Gasteiger partial charge < -0.3 is 20.0 Å². The van der Waals surface area contributed by atoms with Crippen molar-refractivity contribution < 1.29 is 14.0 Å². The minimum atomic E-state index is -0.445. The van der Waals surface area contributed by atoms with Crippen LogP contribution >= 0.6 is 0 Å². The average Bonchev–Trinajstić information content (AvgIpc) is 3.52. The number of amides is 2. The van der Waals surface area contributed by atoms with Crippen LogP contribution in [-0.2, 0) is 4.79 Å². The molecule has 0 aliphatic heterocycles. The number of unbranched alkanes of at least 4 members (excludes halogenated alkanes) is 2. The second-order valence-electron chi connectivity index (χ2n) is 8.17. The number of carbonyl (C=O) groups excluding carboxylic acids is 2. The molecule has 2 amide bonds. The second kappa shape index (κ2) is 10.7. The summed E-state index contributed by atoms with van der Waals surface area (Å²) in [6.45, 7) is 1.64. The summed E-state index contributed by atoms with van der Waals surface area (Å²) in [5.41, 5.74) is 1.88. The largest absolute Gasteiger partial charge is 0.417 e. The lowest BCUT2D eigenvalue weighted by Gasteiger charge is -2.15. The number of imidazole rings is 1. The fraction of sp³-hybridized carbons (Fsp3) is 0.320. The van der Waals surface area contributed by atoms with E-state index in [1.807, 2.05) is 18.2 Å². The van der Waals surface area contributed by atoms with Crippen LogP contribution in [-0.4, -0.2) is 39.0 Å². The molecule has 1 unspecified atom stereocenters. The second-order valence-corrected chi connectivity index (χ2v) is 8.17. The van der Waals surface area contributed by atoms with Crippen molar-refractivity contribution in [3.05, 3.63) is 66.3 Å². The zero-order chi connectivity index (χ0) is 23.9. The van der Waals surface area contributed by atoms with Crippen LogP contribution in [0.3, 0.4) is 0 Å². The fourth-order valence-corrected chi connectivity index (χ4v) is 3.84. The smallest absolute Gasteiger partial charge is 0.309 e. The Morgan fingerprint density at radius 3 is 2.65 bits per heavy atom. The van der Waals surface area contributed by atoms with Crippen LogP contribution in [0.1, 0.15) is 60.5 Å². The molecule has 0 radical (unpaired) electrons. The number of nitrogens with one attached hydrogen (secondary N) is 3. The molecule has 2 aromatic heterocycles. The van der Waals surface area contributed by atoms with E-state index in [4.69, 9.17) is 4.42 Å². The number of aromatic amines is 1. The molecule has 2 aromatic carbocycles. The zero-order valence-electron chi connectivity index (χ0n) is 19.3. The molecule has 0 spiro atoms. The third-order valence-electron chi connectivity index (χ3n) is 5.69. The van der Waals surface area contributed by atoms with Gasteiger partial charge in [0.15, 0.2) is 0 Å². The minimum Gasteiger partial charge on any atom is -0.417 e. The van der Waals surface area contributed by atoms with Gasteiger partial charge in [-0.15, -0.1) is 10.2 Å². The summed E-state index contributed by atoms with van der Waals surface area (Å²) in [6.07, 6.45) is 5.37. The topological polar surface area (TPSA) is 126 Å². The Morgan fingerprint density at radius 1 is 1.06 bits per heavy atom. The number of rotatable bonds is 10. The standard InChI is InChI=1S/C25H28N6O3/c1-16-30-31-25(34-16)24(33)29-20(10-4-3-5-11-22(32)26-2)23-27-15-21(28-23)19-13-12-17-8-6-7-9-18(17)14-19/h6-9,12-15,20H,3-5,10-11H2,1-2H3,(H,26,32)(H,27,28)(H,29,33). The molecule has 4 aromatic rings. The van der Waals surface area contributed by atoms with Gasteiger partial charge in [0, 0.05) is 26.0 Å². The number of aromatic nitrogens is 4. The van der Waals surface area contributed by atoms with Crippen molar-refractivity contribution in [1.82, 2.24) is 30.8 Å². The van der Waals surface area contributed by atoms with Gasteiger partial charge in [-0.1, -0.05) is 49.2 Å². The number of aryl methyl sites for hydroxylation is 1. The molecular weight excluding hydrogens is 432 g/mol. The molecule has 1 atom stereocenters. The Labute approximate surface area is 197 Å². The summed E-state index contributed by atoms with van der Waals surface area (Å²) >= 11 is 0. The first kappa shape index (κ1) is 23.2. The number of hydrogen-bond acceptors (Lipinski definition) is 6. The van der Waals surface area contributed by atoms with Crippen LogP contribution in [0.5, 0.6) is 0 Å². The van der Waals surface area contributed by atoms with Gasteiger partial charge in [0.1, 0.15) is 5.82 Å². The van der Waals surface area contributed by atoms with E-state index >= 15 is 0 Å². The van der Waals surface area contributed by atoms with Gasteiger partial charge in [0.05, 0.1) is 17.9 Å². The van der Waals surface area contributed by atoms with Gasteiger partial charge >= 0.3 is 11.8 Å². The molecule has 0 bridgehead atoms. The number of fused-ring (bicyclic) bond motifs is 1. The molecule has 9 nitrogen and oxygen atoms in total. The van der Waals surface area contributed by atoms with Crippen molar-refractivity contribution >= 4 is 22.6 Å². The summed E-state index contributed by atoms with van der Waals surface area (Å²) in [4.78, 5) is 32.1. The van der Waals surface area contributed by atoms with Crippen molar-refractivity contribution in [3.8, 4) is 11.3 Å². The molecule has 0 saturated carbocycles. The Bertz CT molecular complexity index is 1280. The first-order chi connectivity index (χ1) is 16.5. The van der Waals surface area contributed by atoms with Crippen molar-refractivity contribution in [1.29, 1.82) is 0 Å². The summed E-state index contributed by atoms with van der Waals surface area (Å²) in [5.74, 6) is 0.484. The molecule has 0 fully saturated rings. The zero-order valence-corrected chi connectivity index (χ0v) is 19.3. The maximum atomic E-state index is 12.7. The van der Waals surface area contributed by atoms with Gasteiger partial charge in [-0.2, -0.15) is 0 Å². The first-order valence-corrected chi connectivity index (χ1v) is 11.4. The van der Waals surface area contributed by atoms with Gasteiger partial charge in [-0.3, -0.25) is 9.59 Å². The molecule has 0 saturated heterocycles. The predicted octanol–water partition coefficient (Wildman–Crippen LogP) is 4.09. The van der Waals surface area contributed by atoms with E-state index in [0.717, 1.165) is 35.9 Å². The first-order valence-electron chi connectivity index (χ1n) is 11.4. The molecule has 2 heterocycles. The number of nitrogens with zero attached hydrogens (tertiary/aromatic N) is 3. The predicted molar refractivity (Wildman–Crippen MR) is 128 cm³/mol. The fourth-order valence-electron chi connectivity index (χ4n) is 3.84. The van der Waals surface area contributed by atoms with Crippen LogP contribution in [0.4, 0.5) is 0 Å². The van der Waals surface area contributed by atoms with E-state index in [0.29, 0.717) is 24.6 Å². The van der Waals surface area contributed by atoms with Crippen LogP contribution in [0.2, 0.25) is 0 Å². The SMILES string of the molecule is CNC(=O)CCCCCC(NC(=O)c1nnc(C)o1)c1ncc(-c2ccc3ccccc3c2)[nH]1. The third kappa shape index (κ3) is 5.67. The van der Waals surface area contributed by atoms with E-state index in [-0.39, 0.29) is 17.8 Å². The maximum Gasteiger partial charge on any atom is 0.309 e. The monoisotopic (exact) mass is 460 g/mol. The van der Waals surface area contributed by atoms with Crippen LogP contribution in [0, 0.1) is 6.92 Å². The van der Waals surface area contributed by atoms with Crippen molar-refractivity contribution in [2.45, 2.75) is 45.1 Å². The Hall–Kier alpha value is -4.01. The van der Waals surface area contributed by atoms with Crippen molar-refractivity contribution in [2.24, 2.45) is 0 Å². The normalized spacial score (nSPS) is 11.9. The number of benzene rings is 2. The molecule has 176 valence electrons. The van der Waals surface area contributed by atoms with E-state index < -0.39 is 5.91 Å². The van der Waals surface area contributed by atoms with Crippen LogP contribution in [0.25, 0.3) is 22.0 Å². The number of H-pyrrole nitrogens is 1. The lowest BCUT2D eigenvalue weighted by molar-refractivity contribution is -0.120. The van der Waals surface area contributed by atoms with E-state index in [2.05, 4.69) is 55.1 Å². The average molecular weight is 461 g/mol. The highest BCUT2D eigenvalue weighted by atomic mass is 16.4. The molecule has 0 aliphatic rings. The van der Waals surface area contributed by atoms with Gasteiger partial charge in [0.25, 0.3) is 0 Å². The third-order valence-corrected chi connectivity index (χ3v) is 5.69. The van der Waals surface area contributed by atoms with Gasteiger partial charge in [-0.05, 0) is 29.7 Å². The van der Waals surface area contributed by atoms with E-state index in [9.17, 15) is 9.59 Å². The molecule has 34 heavy (non-hydrogen) atoms. The van der Waals surface area contributed by atoms with Gasteiger partial charge in [0.2, 0.25) is 11.8 Å². The number of carbonyl (C=O) groups is 2. The summed E-state index contributed by atoms with van der Waals surface area (Å²) in [6, 6.07) is 14.1. The lowest BCUT2D eigenvalue weighted by Crippen LogP contribution is -2.29. The summed E-state index contributed by atoms with van der Waals surface area (Å²) in [7, 11) is 1.64. The van der Waals surface area contributed by atoms with E-state index in [1.165, 1.54) is 5.39 Å². The molecule has 0 aliphatic carbocycles. The lowest BCUT2D eigenvalue weighted by atomic mass is 10.1. The van der Waals surface area contributed by atoms with E-state index in [1.54, 1.807) is 20.2 Å². The Balaban J connectivity index is 1.49. The van der Waals surface area contributed by atoms with Crippen LogP contribution < -0.4 is 10.6 Å².